The number of nitrogens with zero attached hydrogens (tertiary/aromatic N) is 2. The highest BCUT2D eigenvalue weighted by Crippen LogP contribution is 2.15. The molecule has 25 heavy (non-hydrogen) atoms. The van der Waals surface area contributed by atoms with E-state index in [1.807, 2.05) is 18.2 Å². The van der Waals surface area contributed by atoms with Crippen LogP contribution in [0.3, 0.4) is 0 Å². The lowest BCUT2D eigenvalue weighted by atomic mass is 10.2. The lowest BCUT2D eigenvalue weighted by molar-refractivity contribution is -0.697. The first-order valence-electron chi connectivity index (χ1n) is 8.34. The van der Waals surface area contributed by atoms with E-state index in [0.717, 1.165) is 32.2 Å². The highest BCUT2D eigenvalue weighted by Gasteiger charge is 2.03. The number of aromatic nitrogens is 1. The van der Waals surface area contributed by atoms with Crippen molar-refractivity contribution in [2.45, 2.75) is 32.2 Å². The number of hydrogen-bond donors (Lipinski definition) is 1. The summed E-state index contributed by atoms with van der Waals surface area (Å²) >= 11 is 0. The number of ether oxygens (including phenoxy) is 1. The van der Waals surface area contributed by atoms with Crippen molar-refractivity contribution in [3.05, 3.63) is 54.9 Å². The summed E-state index contributed by atoms with van der Waals surface area (Å²) < 4.78 is 7.31. The van der Waals surface area contributed by atoms with Gasteiger partial charge in [0.15, 0.2) is 12.4 Å². The van der Waals surface area contributed by atoms with Gasteiger partial charge in [-0.2, -0.15) is 4.99 Å². The zero-order valence-electron chi connectivity index (χ0n) is 14.1. The summed E-state index contributed by atoms with van der Waals surface area (Å²) in [5.74, 6) is 0. The van der Waals surface area contributed by atoms with Gasteiger partial charge >= 0.3 is 6.09 Å². The van der Waals surface area contributed by atoms with Gasteiger partial charge in [0.25, 0.3) is 0 Å². The quantitative estimate of drug-likeness (QED) is 0.327. The molecule has 1 aromatic carbocycles. The minimum absolute atomic E-state index is 0.401. The van der Waals surface area contributed by atoms with Crippen molar-refractivity contribution in [2.75, 3.05) is 11.9 Å². The smallest absolute Gasteiger partial charge is 0.411 e. The van der Waals surface area contributed by atoms with E-state index in [0.29, 0.717) is 18.0 Å². The van der Waals surface area contributed by atoms with Gasteiger partial charge in [0.2, 0.25) is 6.08 Å². The Kier molecular flexibility index (Phi) is 7.88. The maximum absolute atomic E-state index is 11.7. The largest absolute Gasteiger partial charge is 0.449 e. The standard InChI is InChI=1S/C19H21N3O3/c23-16-20-17-8-10-18(11-9-17)21-19(24)25-15-7-2-1-4-12-22-13-5-3-6-14-22/h3,5-6,8-11,13-14H,1-2,4,7,12,15H2/p+1. The fourth-order valence-electron chi connectivity index (χ4n) is 2.32. The molecule has 130 valence electrons. The molecule has 0 fully saturated rings. The van der Waals surface area contributed by atoms with Crippen LogP contribution in [0.25, 0.3) is 0 Å². The number of unbranched alkanes of at least 4 members (excludes halogenated alkanes) is 3. The topological polar surface area (TPSA) is 71.6 Å². The molecular formula is C19H22N3O3+. The first-order chi connectivity index (χ1) is 12.3. The van der Waals surface area contributed by atoms with E-state index < -0.39 is 6.09 Å². The first-order valence-corrected chi connectivity index (χ1v) is 8.34. The molecule has 2 rings (SSSR count). The van der Waals surface area contributed by atoms with Crippen molar-refractivity contribution in [2.24, 2.45) is 4.99 Å². The van der Waals surface area contributed by atoms with Gasteiger partial charge in [-0.05, 0) is 43.5 Å². The van der Waals surface area contributed by atoms with Gasteiger partial charge < -0.3 is 4.74 Å². The lowest BCUT2D eigenvalue weighted by Crippen LogP contribution is -2.32. The minimum Gasteiger partial charge on any atom is -0.449 e. The fourth-order valence-corrected chi connectivity index (χ4v) is 2.32. The van der Waals surface area contributed by atoms with Crippen molar-refractivity contribution in [3.63, 3.8) is 0 Å². The summed E-state index contributed by atoms with van der Waals surface area (Å²) in [5.41, 5.74) is 1.08. The number of rotatable bonds is 9. The number of nitrogens with one attached hydrogen (secondary N) is 1. The third-order valence-corrected chi connectivity index (χ3v) is 3.61. The molecule has 0 aliphatic rings. The summed E-state index contributed by atoms with van der Waals surface area (Å²) in [6, 6.07) is 12.6. The molecule has 0 bridgehead atoms. The van der Waals surface area contributed by atoms with Gasteiger partial charge in [0.05, 0.1) is 12.3 Å². The van der Waals surface area contributed by atoms with Gasteiger partial charge in [0.1, 0.15) is 6.54 Å². The highest BCUT2D eigenvalue weighted by atomic mass is 16.5. The van der Waals surface area contributed by atoms with Crippen molar-refractivity contribution in [1.82, 2.24) is 0 Å². The molecular weight excluding hydrogens is 318 g/mol. The molecule has 6 nitrogen and oxygen atoms in total. The van der Waals surface area contributed by atoms with Crippen LogP contribution in [0.4, 0.5) is 16.2 Å². The maximum Gasteiger partial charge on any atom is 0.411 e. The molecule has 2 aromatic rings. The van der Waals surface area contributed by atoms with Crippen molar-refractivity contribution in [1.29, 1.82) is 0 Å². The fraction of sp³-hybridized carbons (Fsp3) is 0.316. The summed E-state index contributed by atoms with van der Waals surface area (Å²) in [6.07, 6.45) is 9.19. The number of amides is 1. The Bertz CT molecular complexity index is 696. The van der Waals surface area contributed by atoms with E-state index in [-0.39, 0.29) is 0 Å². The minimum atomic E-state index is -0.480. The highest BCUT2D eigenvalue weighted by molar-refractivity contribution is 5.84. The molecule has 0 aliphatic heterocycles. The van der Waals surface area contributed by atoms with E-state index in [9.17, 15) is 9.59 Å². The Balaban J connectivity index is 1.54. The summed E-state index contributed by atoms with van der Waals surface area (Å²) in [7, 11) is 0. The molecule has 1 heterocycles. The second-order valence-corrected chi connectivity index (χ2v) is 5.54. The van der Waals surface area contributed by atoms with E-state index >= 15 is 0 Å². The monoisotopic (exact) mass is 340 g/mol. The number of anilines is 1. The Labute approximate surface area is 147 Å². The number of aliphatic imine (C=N–C) groups is 1. The van der Waals surface area contributed by atoms with Crippen LogP contribution in [0.1, 0.15) is 25.7 Å². The van der Waals surface area contributed by atoms with Gasteiger partial charge in [-0.15, -0.1) is 0 Å². The SMILES string of the molecule is O=C=Nc1ccc(NC(=O)OCCCCCC[n+]2ccccc2)cc1. The van der Waals surface area contributed by atoms with Crippen LogP contribution in [-0.4, -0.2) is 18.8 Å². The van der Waals surface area contributed by atoms with Crippen LogP contribution in [0.2, 0.25) is 0 Å². The Morgan fingerprint density at radius 1 is 1.04 bits per heavy atom. The molecule has 0 spiro atoms. The average Bonchev–Trinajstić information content (AvgIpc) is 2.64. The molecule has 0 radical (unpaired) electrons. The van der Waals surface area contributed by atoms with E-state index in [1.54, 1.807) is 24.3 Å². The number of hydrogen-bond acceptors (Lipinski definition) is 4. The van der Waals surface area contributed by atoms with Crippen LogP contribution in [0, 0.1) is 0 Å². The van der Waals surface area contributed by atoms with Crippen LogP contribution >= 0.6 is 0 Å². The second kappa shape index (κ2) is 10.7. The molecule has 6 heteroatoms. The first kappa shape index (κ1) is 18.4. The van der Waals surface area contributed by atoms with Gasteiger partial charge in [-0.1, -0.05) is 6.07 Å². The van der Waals surface area contributed by atoms with Gasteiger partial charge in [0, 0.05) is 24.2 Å². The second-order valence-electron chi connectivity index (χ2n) is 5.54. The number of pyridine rings is 1. The Hall–Kier alpha value is -2.98. The molecule has 1 N–H and O–H groups in total. The molecule has 0 saturated heterocycles. The predicted molar refractivity (Wildman–Crippen MR) is 94.3 cm³/mol. The lowest BCUT2D eigenvalue weighted by Gasteiger charge is -2.07. The normalized spacial score (nSPS) is 9.92. The summed E-state index contributed by atoms with van der Waals surface area (Å²) in [5, 5.41) is 2.63. The van der Waals surface area contributed by atoms with Gasteiger partial charge in [-0.3, -0.25) is 5.32 Å². The number of carbonyl (C=O) groups excluding carboxylic acids is 2. The molecule has 1 amide bonds. The van der Waals surface area contributed by atoms with Gasteiger partial charge in [-0.25, -0.2) is 14.2 Å². The van der Waals surface area contributed by atoms with Crippen LogP contribution in [0.15, 0.2) is 59.9 Å². The van der Waals surface area contributed by atoms with Crippen molar-refractivity contribution in [3.8, 4) is 0 Å². The predicted octanol–water partition coefficient (Wildman–Crippen LogP) is 3.75. The average molecular weight is 340 g/mol. The Morgan fingerprint density at radius 2 is 1.76 bits per heavy atom. The van der Waals surface area contributed by atoms with Crippen molar-refractivity contribution >= 4 is 23.5 Å². The summed E-state index contributed by atoms with van der Waals surface area (Å²) in [4.78, 5) is 25.3. The third kappa shape index (κ3) is 7.42. The van der Waals surface area contributed by atoms with E-state index in [2.05, 4.69) is 27.3 Å². The molecule has 1 aromatic heterocycles. The Morgan fingerprint density at radius 3 is 2.48 bits per heavy atom. The number of isocyanates is 1. The van der Waals surface area contributed by atoms with Crippen LogP contribution in [-0.2, 0) is 16.1 Å². The number of benzene rings is 1. The number of carbonyl (C=O) groups is 1. The van der Waals surface area contributed by atoms with E-state index in [1.165, 1.54) is 6.08 Å². The molecule has 0 saturated carbocycles. The molecule has 0 atom stereocenters. The number of aryl methyl sites for hydroxylation is 1. The van der Waals surface area contributed by atoms with E-state index in [4.69, 9.17) is 4.74 Å². The zero-order chi connectivity index (χ0) is 17.7. The zero-order valence-corrected chi connectivity index (χ0v) is 14.1. The molecule has 0 unspecified atom stereocenters. The van der Waals surface area contributed by atoms with Crippen LogP contribution < -0.4 is 9.88 Å². The van der Waals surface area contributed by atoms with Crippen molar-refractivity contribution < 1.29 is 18.9 Å². The van der Waals surface area contributed by atoms with Crippen LogP contribution in [0.5, 0.6) is 0 Å². The maximum atomic E-state index is 11.7. The third-order valence-electron chi connectivity index (χ3n) is 3.61. The molecule has 0 aliphatic carbocycles. The summed E-state index contributed by atoms with van der Waals surface area (Å²) in [6.45, 7) is 1.41.